The maximum Gasteiger partial charge on any atom is 0.255 e. The van der Waals surface area contributed by atoms with E-state index < -0.39 is 5.91 Å². The summed E-state index contributed by atoms with van der Waals surface area (Å²) in [4.78, 5) is 11.9. The van der Waals surface area contributed by atoms with Gasteiger partial charge in [-0.2, -0.15) is 5.10 Å². The third kappa shape index (κ3) is 2.85. The molecule has 0 saturated heterocycles. The summed E-state index contributed by atoms with van der Waals surface area (Å²) in [6.45, 7) is 2.17. The van der Waals surface area contributed by atoms with Gasteiger partial charge < -0.3 is 15.5 Å². The van der Waals surface area contributed by atoms with Crippen molar-refractivity contribution in [2.24, 2.45) is 7.05 Å². The zero-order valence-electron chi connectivity index (χ0n) is 10.7. The number of carbonyl (C=O) groups is 1. The zero-order chi connectivity index (χ0) is 14.0. The Balaban J connectivity index is 2.09. The van der Waals surface area contributed by atoms with E-state index in [4.69, 9.17) is 0 Å². The Morgan fingerprint density at radius 2 is 2.16 bits per heavy atom. The lowest BCUT2D eigenvalue weighted by atomic mass is 10.1. The van der Waals surface area contributed by atoms with Gasteiger partial charge in [-0.15, -0.1) is 0 Å². The second-order valence-electron chi connectivity index (χ2n) is 4.30. The van der Waals surface area contributed by atoms with E-state index in [0.717, 1.165) is 11.3 Å². The number of aryl methyl sites for hydroxylation is 2. The van der Waals surface area contributed by atoms with Crippen LogP contribution in [0.15, 0.2) is 24.4 Å². The van der Waals surface area contributed by atoms with Crippen molar-refractivity contribution in [1.82, 2.24) is 15.1 Å². The molecule has 100 valence electrons. The summed E-state index contributed by atoms with van der Waals surface area (Å²) in [6.07, 6.45) is 1.82. The van der Waals surface area contributed by atoms with E-state index in [-0.39, 0.29) is 17.1 Å². The Morgan fingerprint density at radius 3 is 2.79 bits per heavy atom. The van der Waals surface area contributed by atoms with Crippen LogP contribution in [0.4, 0.5) is 0 Å². The Morgan fingerprint density at radius 1 is 1.42 bits per heavy atom. The second kappa shape index (κ2) is 5.01. The Hall–Kier alpha value is -2.50. The van der Waals surface area contributed by atoms with E-state index in [9.17, 15) is 15.0 Å². The first-order chi connectivity index (χ1) is 8.97. The van der Waals surface area contributed by atoms with Gasteiger partial charge in [-0.05, 0) is 25.1 Å². The van der Waals surface area contributed by atoms with Crippen LogP contribution in [-0.2, 0) is 13.6 Å². The van der Waals surface area contributed by atoms with Crippen LogP contribution in [0.2, 0.25) is 0 Å². The molecule has 0 bridgehead atoms. The molecule has 3 N–H and O–H groups in total. The summed E-state index contributed by atoms with van der Waals surface area (Å²) in [5.41, 5.74) is 1.78. The average Bonchev–Trinajstić information content (AvgIpc) is 2.68. The van der Waals surface area contributed by atoms with E-state index in [2.05, 4.69) is 10.4 Å². The number of amides is 1. The van der Waals surface area contributed by atoms with Gasteiger partial charge in [-0.25, -0.2) is 0 Å². The van der Waals surface area contributed by atoms with Crippen LogP contribution >= 0.6 is 0 Å². The molecule has 2 rings (SSSR count). The third-order valence-corrected chi connectivity index (χ3v) is 2.78. The van der Waals surface area contributed by atoms with Gasteiger partial charge in [0.15, 0.2) is 0 Å². The smallest absolute Gasteiger partial charge is 0.255 e. The van der Waals surface area contributed by atoms with E-state index in [1.165, 1.54) is 18.2 Å². The van der Waals surface area contributed by atoms with Crippen molar-refractivity contribution in [3.63, 3.8) is 0 Å². The molecular formula is C13H15N3O3. The van der Waals surface area contributed by atoms with Crippen LogP contribution in [-0.4, -0.2) is 25.9 Å². The molecule has 0 spiro atoms. The van der Waals surface area contributed by atoms with Crippen molar-refractivity contribution in [1.29, 1.82) is 0 Å². The summed E-state index contributed by atoms with van der Waals surface area (Å²) in [6, 6.07) is 3.82. The van der Waals surface area contributed by atoms with Gasteiger partial charge in [0, 0.05) is 25.4 Å². The molecule has 0 aliphatic carbocycles. The fourth-order valence-electron chi connectivity index (χ4n) is 1.80. The van der Waals surface area contributed by atoms with Crippen molar-refractivity contribution in [2.45, 2.75) is 13.5 Å². The predicted molar refractivity (Wildman–Crippen MR) is 68.9 cm³/mol. The highest BCUT2D eigenvalue weighted by Gasteiger charge is 2.12. The topological polar surface area (TPSA) is 87.4 Å². The molecule has 0 fully saturated rings. The minimum absolute atomic E-state index is 0.0431. The van der Waals surface area contributed by atoms with E-state index in [1.54, 1.807) is 11.7 Å². The second-order valence-corrected chi connectivity index (χ2v) is 4.30. The maximum atomic E-state index is 11.9. The van der Waals surface area contributed by atoms with Crippen LogP contribution in [0.25, 0.3) is 0 Å². The number of aromatic hydroxyl groups is 2. The minimum atomic E-state index is -0.448. The Bertz CT molecular complexity index is 620. The molecule has 1 aromatic carbocycles. The lowest BCUT2D eigenvalue weighted by Crippen LogP contribution is -2.23. The molecule has 1 heterocycles. The van der Waals surface area contributed by atoms with Crippen LogP contribution in [0.1, 0.15) is 21.6 Å². The van der Waals surface area contributed by atoms with Crippen LogP contribution in [0.5, 0.6) is 11.5 Å². The first-order valence-corrected chi connectivity index (χ1v) is 5.76. The van der Waals surface area contributed by atoms with Gasteiger partial charge in [-0.3, -0.25) is 9.48 Å². The number of hydrogen-bond donors (Lipinski definition) is 3. The molecule has 0 aliphatic heterocycles. The van der Waals surface area contributed by atoms with E-state index >= 15 is 0 Å². The Kier molecular flexibility index (Phi) is 3.41. The normalized spacial score (nSPS) is 10.4. The largest absolute Gasteiger partial charge is 0.508 e. The molecule has 1 aromatic heterocycles. The number of rotatable bonds is 3. The summed E-state index contributed by atoms with van der Waals surface area (Å²) < 4.78 is 1.67. The number of benzene rings is 1. The first kappa shape index (κ1) is 12.9. The minimum Gasteiger partial charge on any atom is -0.508 e. The fraction of sp³-hybridized carbons (Fsp3) is 0.231. The highest BCUT2D eigenvalue weighted by atomic mass is 16.3. The third-order valence-electron chi connectivity index (χ3n) is 2.78. The van der Waals surface area contributed by atoms with Crippen molar-refractivity contribution >= 4 is 5.91 Å². The summed E-state index contributed by atoms with van der Waals surface area (Å²) in [5.74, 6) is -0.685. The first-order valence-electron chi connectivity index (χ1n) is 5.76. The molecule has 2 aromatic rings. The maximum absolute atomic E-state index is 11.9. The van der Waals surface area contributed by atoms with Crippen molar-refractivity contribution in [3.05, 3.63) is 41.2 Å². The summed E-state index contributed by atoms with van der Waals surface area (Å²) >= 11 is 0. The average molecular weight is 261 g/mol. The number of phenolic OH excluding ortho intramolecular Hbond substituents is 2. The zero-order valence-corrected chi connectivity index (χ0v) is 10.7. The standard InChI is InChI=1S/C13H15N3O3/c1-8-9(7-16(2)15-8)6-14-13(19)11-5-10(17)3-4-12(11)18/h3-5,7,17-18H,6H2,1-2H3,(H,14,19). The molecule has 6 nitrogen and oxygen atoms in total. The predicted octanol–water partition coefficient (Wildman–Crippen LogP) is 1.07. The van der Waals surface area contributed by atoms with E-state index in [1.807, 2.05) is 13.1 Å². The van der Waals surface area contributed by atoms with Gasteiger partial charge in [-0.1, -0.05) is 0 Å². The quantitative estimate of drug-likeness (QED) is 0.721. The fourth-order valence-corrected chi connectivity index (χ4v) is 1.80. The molecular weight excluding hydrogens is 246 g/mol. The molecule has 0 aliphatic rings. The molecule has 0 radical (unpaired) electrons. The molecule has 0 atom stereocenters. The molecule has 0 saturated carbocycles. The van der Waals surface area contributed by atoms with Crippen LogP contribution < -0.4 is 5.32 Å². The molecule has 0 unspecified atom stereocenters. The summed E-state index contributed by atoms with van der Waals surface area (Å²) in [5, 5.41) is 25.7. The SMILES string of the molecule is Cc1nn(C)cc1CNC(=O)c1cc(O)ccc1O. The lowest BCUT2D eigenvalue weighted by Gasteiger charge is -2.06. The monoisotopic (exact) mass is 261 g/mol. The molecule has 1 amide bonds. The van der Waals surface area contributed by atoms with E-state index in [0.29, 0.717) is 6.54 Å². The van der Waals surface area contributed by atoms with Crippen molar-refractivity contribution in [2.75, 3.05) is 0 Å². The molecule has 19 heavy (non-hydrogen) atoms. The van der Waals surface area contributed by atoms with Gasteiger partial charge in [0.2, 0.25) is 0 Å². The van der Waals surface area contributed by atoms with Crippen LogP contribution in [0, 0.1) is 6.92 Å². The number of aromatic nitrogens is 2. The van der Waals surface area contributed by atoms with Crippen molar-refractivity contribution in [3.8, 4) is 11.5 Å². The summed E-state index contributed by atoms with van der Waals surface area (Å²) in [7, 11) is 1.80. The number of carbonyl (C=O) groups excluding carboxylic acids is 1. The highest BCUT2D eigenvalue weighted by Crippen LogP contribution is 2.21. The number of nitrogens with one attached hydrogen (secondary N) is 1. The van der Waals surface area contributed by atoms with Crippen LogP contribution in [0.3, 0.4) is 0 Å². The van der Waals surface area contributed by atoms with Crippen molar-refractivity contribution < 1.29 is 15.0 Å². The number of nitrogens with zero attached hydrogens (tertiary/aromatic N) is 2. The van der Waals surface area contributed by atoms with Gasteiger partial charge in [0.25, 0.3) is 5.91 Å². The van der Waals surface area contributed by atoms with Gasteiger partial charge in [0.1, 0.15) is 11.5 Å². The number of phenols is 2. The number of hydrogen-bond acceptors (Lipinski definition) is 4. The Labute approximate surface area is 110 Å². The van der Waals surface area contributed by atoms with Gasteiger partial charge in [0.05, 0.1) is 11.3 Å². The van der Waals surface area contributed by atoms with Gasteiger partial charge >= 0.3 is 0 Å². The highest BCUT2D eigenvalue weighted by molar-refractivity contribution is 5.97. The lowest BCUT2D eigenvalue weighted by molar-refractivity contribution is 0.0948. The molecule has 6 heteroatoms.